The fourth-order valence-electron chi connectivity index (χ4n) is 1.15. The van der Waals surface area contributed by atoms with Gasteiger partial charge in [0, 0.05) is 19.3 Å². The van der Waals surface area contributed by atoms with E-state index in [0.29, 0.717) is 0 Å². The quantitative estimate of drug-likeness (QED) is 0.463. The van der Waals surface area contributed by atoms with Crippen molar-refractivity contribution in [3.63, 3.8) is 0 Å². The van der Waals surface area contributed by atoms with Gasteiger partial charge >= 0.3 is 0 Å². The predicted octanol–water partition coefficient (Wildman–Crippen LogP) is -0.0294. The normalized spacial score (nSPS) is 25.0. The van der Waals surface area contributed by atoms with Crippen LogP contribution in [0.1, 0.15) is 0 Å². The topological polar surface area (TPSA) is 24.4 Å². The van der Waals surface area contributed by atoms with Crippen LogP contribution in [0.5, 0.6) is 0 Å². The van der Waals surface area contributed by atoms with Crippen LogP contribution in [0.4, 0.5) is 0 Å². The third-order valence-electron chi connectivity index (χ3n) is 1.64. The van der Waals surface area contributed by atoms with Gasteiger partial charge in [-0.25, -0.2) is 0 Å². The van der Waals surface area contributed by atoms with E-state index in [0.717, 1.165) is 19.6 Å². The van der Waals surface area contributed by atoms with Gasteiger partial charge in [0.05, 0.1) is 6.54 Å². The lowest BCUT2D eigenvalue weighted by Crippen LogP contribution is -2.10. The summed E-state index contributed by atoms with van der Waals surface area (Å²) in [4.78, 5) is 4.13. The molecule has 0 radical (unpaired) electrons. The van der Waals surface area contributed by atoms with Crippen LogP contribution in [0.3, 0.4) is 0 Å². The van der Waals surface area contributed by atoms with Crippen molar-refractivity contribution in [3.8, 4) is 0 Å². The van der Waals surface area contributed by atoms with E-state index in [4.69, 9.17) is 0 Å². The maximum Gasteiger partial charge on any atom is 0.0618 e. The molecule has 0 spiro atoms. The van der Waals surface area contributed by atoms with Crippen molar-refractivity contribution in [2.45, 2.75) is 0 Å². The molecule has 0 aliphatic carbocycles. The van der Waals surface area contributed by atoms with Crippen molar-refractivity contribution in [2.24, 2.45) is 4.99 Å². The van der Waals surface area contributed by atoms with Crippen molar-refractivity contribution in [1.29, 1.82) is 0 Å². The average Bonchev–Trinajstić information content (AvgIpc) is 2.15. The van der Waals surface area contributed by atoms with Gasteiger partial charge in [-0.05, 0) is 11.1 Å². The molecule has 0 bridgehead atoms. The van der Waals surface area contributed by atoms with Gasteiger partial charge in [-0.1, -0.05) is 0 Å². The molecule has 0 atom stereocenters. The Morgan fingerprint density at radius 1 is 1.50 bits per heavy atom. The molecule has 2 heterocycles. The summed E-state index contributed by atoms with van der Waals surface area (Å²) in [5.41, 5.74) is 2.91. The summed E-state index contributed by atoms with van der Waals surface area (Å²) in [6, 6.07) is 0. The lowest BCUT2D eigenvalue weighted by atomic mass is 10.2. The Balaban J connectivity index is 2.33. The molecule has 2 aliphatic rings. The van der Waals surface area contributed by atoms with E-state index in [1.165, 1.54) is 11.1 Å². The Kier molecular flexibility index (Phi) is 0.758. The van der Waals surface area contributed by atoms with Crippen molar-refractivity contribution in [2.75, 3.05) is 19.6 Å². The van der Waals surface area contributed by atoms with Crippen LogP contribution in [0.15, 0.2) is 16.1 Å². The SMILES string of the molecule is C1=NCC2=C1CNC2. The molecule has 1 N–H and O–H groups in total. The zero-order chi connectivity index (χ0) is 5.40. The Morgan fingerprint density at radius 3 is 3.38 bits per heavy atom. The first-order chi connectivity index (χ1) is 3.97. The molecule has 42 valence electrons. The summed E-state index contributed by atoms with van der Waals surface area (Å²) in [6.07, 6.45) is 1.98. The highest BCUT2D eigenvalue weighted by atomic mass is 14.9. The minimum absolute atomic E-state index is 0.947. The molecule has 2 heteroatoms. The first-order valence-electron chi connectivity index (χ1n) is 2.88. The number of nitrogens with zero attached hydrogens (tertiary/aromatic N) is 1. The van der Waals surface area contributed by atoms with E-state index < -0.39 is 0 Å². The second kappa shape index (κ2) is 1.42. The molecule has 0 unspecified atom stereocenters. The van der Waals surface area contributed by atoms with Crippen LogP contribution in [0.2, 0.25) is 0 Å². The van der Waals surface area contributed by atoms with E-state index in [9.17, 15) is 0 Å². The van der Waals surface area contributed by atoms with Gasteiger partial charge in [-0.2, -0.15) is 0 Å². The largest absolute Gasteiger partial charge is 0.309 e. The van der Waals surface area contributed by atoms with E-state index in [2.05, 4.69) is 10.3 Å². The van der Waals surface area contributed by atoms with Crippen molar-refractivity contribution < 1.29 is 0 Å². The van der Waals surface area contributed by atoms with Gasteiger partial charge in [-0.3, -0.25) is 4.99 Å². The zero-order valence-corrected chi connectivity index (χ0v) is 4.65. The van der Waals surface area contributed by atoms with Crippen LogP contribution in [0, 0.1) is 0 Å². The maximum atomic E-state index is 4.13. The van der Waals surface area contributed by atoms with Crippen LogP contribution in [0.25, 0.3) is 0 Å². The van der Waals surface area contributed by atoms with Gasteiger partial charge < -0.3 is 5.32 Å². The van der Waals surface area contributed by atoms with Crippen molar-refractivity contribution in [3.05, 3.63) is 11.1 Å². The lowest BCUT2D eigenvalue weighted by Gasteiger charge is -1.89. The molecule has 0 aromatic rings. The van der Waals surface area contributed by atoms with E-state index >= 15 is 0 Å². The number of rotatable bonds is 0. The van der Waals surface area contributed by atoms with E-state index in [-0.39, 0.29) is 0 Å². The maximum absolute atomic E-state index is 4.13. The highest BCUT2D eigenvalue weighted by Gasteiger charge is 2.14. The molecule has 0 saturated carbocycles. The number of hydrogen-bond donors (Lipinski definition) is 1. The fourth-order valence-corrected chi connectivity index (χ4v) is 1.15. The molecule has 0 aromatic heterocycles. The molecule has 2 aliphatic heterocycles. The Labute approximate surface area is 48.3 Å². The average molecular weight is 108 g/mol. The number of aliphatic imine (C=N–C) groups is 1. The molecule has 0 fully saturated rings. The first-order valence-corrected chi connectivity index (χ1v) is 2.88. The summed E-state index contributed by atoms with van der Waals surface area (Å²) in [5, 5.41) is 3.26. The summed E-state index contributed by atoms with van der Waals surface area (Å²) in [7, 11) is 0. The number of hydrogen-bond acceptors (Lipinski definition) is 2. The van der Waals surface area contributed by atoms with Gasteiger partial charge in [0.2, 0.25) is 0 Å². The minimum Gasteiger partial charge on any atom is -0.309 e. The predicted molar refractivity (Wildman–Crippen MR) is 33.3 cm³/mol. The lowest BCUT2D eigenvalue weighted by molar-refractivity contribution is 0.856. The number of nitrogens with one attached hydrogen (secondary N) is 1. The van der Waals surface area contributed by atoms with Gasteiger partial charge in [0.1, 0.15) is 0 Å². The van der Waals surface area contributed by atoms with E-state index in [1.807, 2.05) is 6.21 Å². The van der Waals surface area contributed by atoms with Crippen molar-refractivity contribution >= 4 is 6.21 Å². The molecule has 2 nitrogen and oxygen atoms in total. The molecule has 8 heavy (non-hydrogen) atoms. The third kappa shape index (κ3) is 0.434. The van der Waals surface area contributed by atoms with Crippen LogP contribution >= 0.6 is 0 Å². The fraction of sp³-hybridized carbons (Fsp3) is 0.500. The molecule has 0 aromatic carbocycles. The molecular weight excluding hydrogens is 100 g/mol. The third-order valence-corrected chi connectivity index (χ3v) is 1.64. The molecular formula is C6H8N2. The van der Waals surface area contributed by atoms with E-state index in [1.54, 1.807) is 0 Å². The molecule has 0 amide bonds. The summed E-state index contributed by atoms with van der Waals surface area (Å²) in [5.74, 6) is 0. The second-order valence-corrected chi connectivity index (χ2v) is 2.20. The van der Waals surface area contributed by atoms with Crippen LogP contribution in [-0.2, 0) is 0 Å². The monoisotopic (exact) mass is 108 g/mol. The smallest absolute Gasteiger partial charge is 0.0618 e. The summed E-state index contributed by atoms with van der Waals surface area (Å²) < 4.78 is 0. The standard InChI is InChI=1S/C6H8N2/c1-5-2-8-4-6(5)3-7-1/h1,8H,2-4H2. The highest BCUT2D eigenvalue weighted by molar-refractivity contribution is 5.84. The zero-order valence-electron chi connectivity index (χ0n) is 4.65. The van der Waals surface area contributed by atoms with Crippen LogP contribution < -0.4 is 5.32 Å². The Bertz CT molecular complexity index is 167. The molecule has 0 saturated heterocycles. The van der Waals surface area contributed by atoms with Crippen LogP contribution in [-0.4, -0.2) is 25.8 Å². The molecule has 2 rings (SSSR count). The Morgan fingerprint density at radius 2 is 2.50 bits per heavy atom. The van der Waals surface area contributed by atoms with Gasteiger partial charge in [0.25, 0.3) is 0 Å². The highest BCUT2D eigenvalue weighted by Crippen LogP contribution is 2.12. The van der Waals surface area contributed by atoms with Gasteiger partial charge in [-0.15, -0.1) is 0 Å². The van der Waals surface area contributed by atoms with Gasteiger partial charge in [0.15, 0.2) is 0 Å². The second-order valence-electron chi connectivity index (χ2n) is 2.20. The Hall–Kier alpha value is -0.630. The first kappa shape index (κ1) is 4.27. The van der Waals surface area contributed by atoms with Crippen molar-refractivity contribution in [1.82, 2.24) is 5.32 Å². The summed E-state index contributed by atoms with van der Waals surface area (Å²) in [6.45, 7) is 3.05. The minimum atomic E-state index is 0.947. The summed E-state index contributed by atoms with van der Waals surface area (Å²) >= 11 is 0.